The maximum Gasteiger partial charge on any atom is 5.00 e. The molecule has 0 radical (unpaired) electrons. The van der Waals surface area contributed by atoms with E-state index in [1.165, 1.54) is 0 Å². The van der Waals surface area contributed by atoms with E-state index in [1.807, 2.05) is 0 Å². The molecule has 0 aliphatic rings. The summed E-state index contributed by atoms with van der Waals surface area (Å²) in [7, 11) is 0. The molecule has 0 unspecified atom stereocenters. The number of rotatable bonds is 0. The van der Waals surface area contributed by atoms with Crippen LogP contribution in [-0.4, -0.2) is 0 Å². The molecule has 0 saturated heterocycles. The van der Waals surface area contributed by atoms with E-state index in [4.69, 9.17) is 0 Å². The molecule has 5 heavy (non-hydrogen) atoms. The van der Waals surface area contributed by atoms with Crippen LogP contribution in [-0.2, 0) is 54.1 Å². The van der Waals surface area contributed by atoms with Gasteiger partial charge in [0.25, 0.3) is 0 Å². The summed E-state index contributed by atoms with van der Waals surface area (Å²) in [5.74, 6) is 0. The standard InChI is InChI=1S/La.Na.O.Ta.Zr/q+3;+1;-2;+5;+4. The third-order valence-corrected chi connectivity index (χ3v) is 0. The zero-order chi connectivity index (χ0) is 0. The molecule has 0 amide bonds. The molecule has 0 heterocycles. The molecular formula is LaNaOTaZr+11. The van der Waals surface area contributed by atoms with E-state index in [9.17, 15) is 0 Å². The molecule has 0 rings (SSSR count). The summed E-state index contributed by atoms with van der Waals surface area (Å²) in [6.07, 6.45) is 0. The summed E-state index contributed by atoms with van der Waals surface area (Å²) >= 11 is 0. The molecule has 0 fully saturated rings. The van der Waals surface area contributed by atoms with Gasteiger partial charge in [-0.15, -0.1) is 0 Å². The van der Waals surface area contributed by atoms with Crippen LogP contribution in [0.15, 0.2) is 0 Å². The van der Waals surface area contributed by atoms with Crippen molar-refractivity contribution in [2.24, 2.45) is 0 Å². The van der Waals surface area contributed by atoms with Gasteiger partial charge in [0, 0.05) is 0 Å². The van der Waals surface area contributed by atoms with Gasteiger partial charge in [-0.1, -0.05) is 0 Å². The number of hydrogen-bond donors (Lipinski definition) is 0. The largest absolute Gasteiger partial charge is 5.00 e. The van der Waals surface area contributed by atoms with Crippen LogP contribution in [0.4, 0.5) is 0 Å². The molecule has 0 spiro atoms. The van der Waals surface area contributed by atoms with E-state index in [2.05, 4.69) is 0 Å². The van der Waals surface area contributed by atoms with E-state index in [0.717, 1.165) is 0 Å². The van der Waals surface area contributed by atoms with Crippen molar-refractivity contribution in [3.05, 3.63) is 0 Å². The first kappa shape index (κ1) is 37.2. The van der Waals surface area contributed by atoms with Crippen molar-refractivity contribution in [3.8, 4) is 0 Å². The fourth-order valence-corrected chi connectivity index (χ4v) is 0. The third-order valence-electron chi connectivity index (χ3n) is 0. The van der Waals surface area contributed by atoms with Crippen molar-refractivity contribution >= 4 is 0 Å². The van der Waals surface area contributed by atoms with Crippen molar-refractivity contribution in [3.63, 3.8) is 0 Å². The Kier molecular flexibility index (Phi) is 186. The smallest absolute Gasteiger partial charge is 2.00 e. The van der Waals surface area contributed by atoms with Crippen molar-refractivity contribution in [2.45, 2.75) is 0 Å². The van der Waals surface area contributed by atoms with E-state index < -0.39 is 0 Å². The molecule has 5 heteroatoms. The van der Waals surface area contributed by atoms with E-state index in [0.29, 0.717) is 0 Å². The third kappa shape index (κ3) is 18.2. The first-order valence-corrected chi connectivity index (χ1v) is 0. The monoisotopic (exact) mass is 449 g/mol. The minimum absolute atomic E-state index is 0. The van der Waals surface area contributed by atoms with Crippen LogP contribution in [0.1, 0.15) is 0 Å². The van der Waals surface area contributed by atoms with Gasteiger partial charge in [0.1, 0.15) is 0 Å². The Hall–Kier alpha value is 3.78. The van der Waals surface area contributed by atoms with Crippen LogP contribution >= 0.6 is 0 Å². The van der Waals surface area contributed by atoms with E-state index in [1.54, 1.807) is 0 Å². The van der Waals surface area contributed by atoms with Gasteiger partial charge in [-0.05, 0) is 0 Å². The predicted molar refractivity (Wildman–Crippen MR) is 0.686 cm³/mol. The molecule has 1 nitrogen and oxygen atoms in total. The summed E-state index contributed by atoms with van der Waals surface area (Å²) in [4.78, 5) is 0. The first-order valence-electron chi connectivity index (χ1n) is 0. The summed E-state index contributed by atoms with van der Waals surface area (Å²) < 4.78 is 0. The summed E-state index contributed by atoms with van der Waals surface area (Å²) in [6, 6.07) is 0. The molecule has 0 aromatic heterocycles. The Morgan fingerprint density at radius 2 is 1.00 bits per heavy atom. The maximum absolute atomic E-state index is 0. The van der Waals surface area contributed by atoms with Crippen molar-refractivity contribution < 1.29 is 119 Å². The molecule has 8 valence electrons. The summed E-state index contributed by atoms with van der Waals surface area (Å²) in [6.45, 7) is 0. The first-order chi connectivity index (χ1) is 0. The zero-order valence-electron chi connectivity index (χ0n) is 2.93. The van der Waals surface area contributed by atoms with Crippen LogP contribution in [0.3, 0.4) is 0 Å². The van der Waals surface area contributed by atoms with Crippen molar-refractivity contribution in [1.29, 1.82) is 0 Å². The topological polar surface area (TPSA) is 28.5 Å². The van der Waals surface area contributed by atoms with Crippen molar-refractivity contribution in [1.82, 2.24) is 0 Å². The fraction of sp³-hybridized carbons (Fsp3) is 0. The zero-order valence-corrected chi connectivity index (χ0v) is 14.2. The normalized spacial score (nSPS) is 0. The molecule has 0 N–H and O–H groups in total. The summed E-state index contributed by atoms with van der Waals surface area (Å²) in [5, 5.41) is 0. The molecule has 0 bridgehead atoms. The van der Waals surface area contributed by atoms with Gasteiger partial charge in [-0.25, -0.2) is 0 Å². The van der Waals surface area contributed by atoms with Crippen LogP contribution in [0.2, 0.25) is 0 Å². The average Bonchev–Trinajstić information content (AvgIpc) is 0. The fourth-order valence-electron chi connectivity index (χ4n) is 0. The Morgan fingerprint density at radius 1 is 1.00 bits per heavy atom. The Balaban J connectivity index is 0. The SMILES string of the molecule is [La+3].[Na+].[O-2].[Ta+5].[Zr+4]. The van der Waals surface area contributed by atoms with E-state index in [-0.39, 0.29) is 119 Å². The number of hydrogen-bond acceptors (Lipinski definition) is 0. The van der Waals surface area contributed by atoms with Gasteiger partial charge in [-0.3, -0.25) is 0 Å². The maximum atomic E-state index is 0. The van der Waals surface area contributed by atoms with Gasteiger partial charge < -0.3 is 5.48 Å². The molecular weight excluding hydrogens is 450 g/mol. The summed E-state index contributed by atoms with van der Waals surface area (Å²) in [5.41, 5.74) is 0. The molecule has 0 aromatic rings. The second kappa shape index (κ2) is 25.0. The Bertz CT molecular complexity index is 11.6. The molecule has 0 aliphatic carbocycles. The minimum atomic E-state index is 0. The molecule has 0 saturated carbocycles. The quantitative estimate of drug-likeness (QED) is 0.350. The second-order valence-electron chi connectivity index (χ2n) is 0. The van der Waals surface area contributed by atoms with E-state index >= 15 is 0 Å². The van der Waals surface area contributed by atoms with Crippen molar-refractivity contribution in [2.75, 3.05) is 0 Å². The molecule has 0 aromatic carbocycles. The molecule has 0 aliphatic heterocycles. The second-order valence-corrected chi connectivity index (χ2v) is 0. The van der Waals surface area contributed by atoms with Crippen LogP contribution in [0.25, 0.3) is 0 Å². The van der Waals surface area contributed by atoms with Gasteiger partial charge in [0.15, 0.2) is 0 Å². The predicted octanol–water partition coefficient (Wildman–Crippen LogP) is -3.12. The van der Waals surface area contributed by atoms with Gasteiger partial charge in [-0.2, -0.15) is 0 Å². The average molecular weight is 450 g/mol. The van der Waals surface area contributed by atoms with Gasteiger partial charge in [0.2, 0.25) is 0 Å². The van der Waals surface area contributed by atoms with Gasteiger partial charge >= 0.3 is 114 Å². The Labute approximate surface area is 116 Å². The van der Waals surface area contributed by atoms with Crippen LogP contribution in [0.5, 0.6) is 0 Å². The van der Waals surface area contributed by atoms with Crippen LogP contribution in [0, 0.1) is 35.6 Å². The van der Waals surface area contributed by atoms with Gasteiger partial charge in [0.05, 0.1) is 0 Å². The van der Waals surface area contributed by atoms with Crippen LogP contribution < -0.4 is 29.6 Å². The minimum Gasteiger partial charge on any atom is -2.00 e. The Morgan fingerprint density at radius 3 is 1.00 bits per heavy atom. The molecule has 0 atom stereocenters.